The van der Waals surface area contributed by atoms with Gasteiger partial charge in [-0.15, -0.1) is 0 Å². The minimum absolute atomic E-state index is 0.0614. The molecule has 142 valence electrons. The zero-order valence-electron chi connectivity index (χ0n) is 14.9. The van der Waals surface area contributed by atoms with Crippen LogP contribution in [0.25, 0.3) is 0 Å². The molecule has 4 N–H and O–H groups in total. The third kappa shape index (κ3) is 4.40. The number of benzene rings is 2. The van der Waals surface area contributed by atoms with E-state index in [-0.39, 0.29) is 12.2 Å². The van der Waals surface area contributed by atoms with Crippen molar-refractivity contribution in [1.29, 1.82) is 0 Å². The molecule has 1 aliphatic heterocycles. The highest BCUT2D eigenvalue weighted by Crippen LogP contribution is 2.33. The van der Waals surface area contributed by atoms with Gasteiger partial charge in [-0.3, -0.25) is 9.59 Å². The summed E-state index contributed by atoms with van der Waals surface area (Å²) in [5, 5.41) is 12.2. The van der Waals surface area contributed by atoms with Gasteiger partial charge in [0.05, 0.1) is 5.92 Å². The number of aliphatic carboxylic acids is 1. The monoisotopic (exact) mass is 370 g/mol. The van der Waals surface area contributed by atoms with E-state index in [1.54, 1.807) is 0 Å². The molecule has 1 saturated heterocycles. The van der Waals surface area contributed by atoms with Crippen molar-refractivity contribution in [2.24, 2.45) is 5.73 Å². The highest BCUT2D eigenvalue weighted by atomic mass is 19.1. The van der Waals surface area contributed by atoms with Crippen LogP contribution in [0.15, 0.2) is 48.5 Å². The fourth-order valence-corrected chi connectivity index (χ4v) is 3.65. The maximum absolute atomic E-state index is 12.8. The number of Topliss-reactive ketones (excluding diaryl/α,β-unsaturated/α-hetero) is 1. The molecule has 3 atom stereocenters. The lowest BCUT2D eigenvalue weighted by atomic mass is 9.88. The number of carbonyl (C=O) groups is 2. The van der Waals surface area contributed by atoms with Gasteiger partial charge < -0.3 is 16.2 Å². The van der Waals surface area contributed by atoms with E-state index in [0.717, 1.165) is 25.6 Å². The Morgan fingerprint density at radius 1 is 1.19 bits per heavy atom. The summed E-state index contributed by atoms with van der Waals surface area (Å²) in [5.41, 5.74) is 8.06. The van der Waals surface area contributed by atoms with Crippen molar-refractivity contribution in [2.45, 2.75) is 30.7 Å². The molecule has 0 saturated carbocycles. The van der Waals surface area contributed by atoms with Crippen molar-refractivity contribution < 1.29 is 19.1 Å². The van der Waals surface area contributed by atoms with Gasteiger partial charge in [-0.05, 0) is 42.3 Å². The fraction of sp³-hybridized carbons (Fsp3) is 0.333. The first-order chi connectivity index (χ1) is 13.0. The quantitative estimate of drug-likeness (QED) is 0.756. The van der Waals surface area contributed by atoms with Gasteiger partial charge in [-0.2, -0.15) is 0 Å². The van der Waals surface area contributed by atoms with Crippen LogP contribution in [0.4, 0.5) is 4.39 Å². The lowest BCUT2D eigenvalue weighted by Crippen LogP contribution is -2.43. The number of halogens is 1. The predicted molar refractivity (Wildman–Crippen MR) is 100 cm³/mol. The number of ketones is 1. The number of nitrogens with two attached hydrogens (primary N) is 1. The Morgan fingerprint density at radius 2 is 1.93 bits per heavy atom. The summed E-state index contributed by atoms with van der Waals surface area (Å²) in [4.78, 5) is 22.1. The third-order valence-electron chi connectivity index (χ3n) is 5.14. The van der Waals surface area contributed by atoms with Gasteiger partial charge in [-0.1, -0.05) is 30.3 Å². The molecule has 0 radical (unpaired) electrons. The number of hydrogen-bond acceptors (Lipinski definition) is 4. The first-order valence-electron chi connectivity index (χ1n) is 9.04. The van der Waals surface area contributed by atoms with E-state index in [0.29, 0.717) is 23.1 Å². The molecule has 3 unspecified atom stereocenters. The van der Waals surface area contributed by atoms with Crippen LogP contribution in [-0.2, 0) is 4.79 Å². The average molecular weight is 370 g/mol. The number of fused-ring (bicyclic) bond motifs is 1. The number of carbonyl (C=O) groups excluding carboxylic acids is 1. The predicted octanol–water partition coefficient (Wildman–Crippen LogP) is 2.67. The molecule has 1 fully saturated rings. The standard InChI is InChI=1S/C11H16N2.C10H7FO3/c12-11-6-7-13-8-10(11)9-4-2-1-3-5-9;11-5-1-2-6-7(3-5)8(10(13)14)4-9(6)12/h1-5,10-11,13H,6-8,12H2;1-3,8H,4H2,(H,13,14). The molecule has 5 nitrogen and oxygen atoms in total. The first kappa shape index (κ1) is 19.2. The summed E-state index contributed by atoms with van der Waals surface area (Å²) in [5.74, 6) is -2.21. The van der Waals surface area contributed by atoms with Crippen LogP contribution in [0.5, 0.6) is 0 Å². The Labute approximate surface area is 157 Å². The number of nitrogens with one attached hydrogen (secondary N) is 1. The van der Waals surface area contributed by atoms with Crippen LogP contribution in [0, 0.1) is 5.82 Å². The smallest absolute Gasteiger partial charge is 0.311 e. The first-order valence-corrected chi connectivity index (χ1v) is 9.04. The van der Waals surface area contributed by atoms with Gasteiger partial charge in [0.2, 0.25) is 0 Å². The van der Waals surface area contributed by atoms with Gasteiger partial charge in [0.1, 0.15) is 5.82 Å². The van der Waals surface area contributed by atoms with Crippen molar-refractivity contribution in [1.82, 2.24) is 5.32 Å². The molecule has 0 amide bonds. The van der Waals surface area contributed by atoms with E-state index >= 15 is 0 Å². The number of carboxylic acid groups (broad SMARTS) is 1. The normalized spacial score (nSPS) is 23.9. The minimum atomic E-state index is -1.08. The van der Waals surface area contributed by atoms with Crippen LogP contribution >= 0.6 is 0 Å². The molecule has 0 spiro atoms. The zero-order chi connectivity index (χ0) is 19.4. The molecular weight excluding hydrogens is 347 g/mol. The van der Waals surface area contributed by atoms with Crippen molar-refractivity contribution in [3.05, 3.63) is 71.0 Å². The average Bonchev–Trinajstić information content (AvgIpc) is 2.99. The minimum Gasteiger partial charge on any atom is -0.481 e. The highest BCUT2D eigenvalue weighted by molar-refractivity contribution is 6.05. The molecular formula is C21H23FN2O3. The van der Waals surface area contributed by atoms with Crippen LogP contribution in [0.1, 0.15) is 46.2 Å². The number of carboxylic acids is 1. The van der Waals surface area contributed by atoms with Crippen molar-refractivity contribution >= 4 is 11.8 Å². The van der Waals surface area contributed by atoms with E-state index < -0.39 is 17.7 Å². The van der Waals surface area contributed by atoms with E-state index in [9.17, 15) is 14.0 Å². The highest BCUT2D eigenvalue weighted by Gasteiger charge is 2.34. The van der Waals surface area contributed by atoms with Gasteiger partial charge in [0, 0.05) is 30.5 Å². The van der Waals surface area contributed by atoms with Crippen molar-refractivity contribution in [3.63, 3.8) is 0 Å². The zero-order valence-corrected chi connectivity index (χ0v) is 14.9. The fourth-order valence-electron chi connectivity index (χ4n) is 3.65. The number of rotatable bonds is 2. The molecule has 27 heavy (non-hydrogen) atoms. The molecule has 1 heterocycles. The van der Waals surface area contributed by atoms with E-state index in [2.05, 4.69) is 29.6 Å². The molecule has 0 bridgehead atoms. The summed E-state index contributed by atoms with van der Waals surface area (Å²) in [6, 6.07) is 14.5. The second kappa shape index (κ2) is 8.41. The molecule has 4 rings (SSSR count). The van der Waals surface area contributed by atoms with Crippen LogP contribution < -0.4 is 11.1 Å². The Kier molecular flexibility index (Phi) is 5.98. The Hall–Kier alpha value is -2.57. The Bertz CT molecular complexity index is 825. The lowest BCUT2D eigenvalue weighted by molar-refractivity contribution is -0.138. The Morgan fingerprint density at radius 3 is 2.59 bits per heavy atom. The molecule has 2 aromatic rings. The van der Waals surface area contributed by atoms with Crippen LogP contribution in [0.3, 0.4) is 0 Å². The van der Waals surface area contributed by atoms with Gasteiger partial charge in [0.15, 0.2) is 5.78 Å². The topological polar surface area (TPSA) is 92.4 Å². The van der Waals surface area contributed by atoms with Gasteiger partial charge in [0.25, 0.3) is 0 Å². The lowest BCUT2D eigenvalue weighted by Gasteiger charge is -2.29. The summed E-state index contributed by atoms with van der Waals surface area (Å²) in [7, 11) is 0. The van der Waals surface area contributed by atoms with Crippen molar-refractivity contribution in [3.8, 4) is 0 Å². The molecule has 1 aliphatic carbocycles. The summed E-state index contributed by atoms with van der Waals surface area (Å²) >= 11 is 0. The molecule has 6 heteroatoms. The maximum Gasteiger partial charge on any atom is 0.311 e. The summed E-state index contributed by atoms with van der Waals surface area (Å²) in [6.07, 6.45) is 1.02. The maximum atomic E-state index is 12.8. The van der Waals surface area contributed by atoms with E-state index in [1.807, 2.05) is 6.07 Å². The molecule has 0 aromatic heterocycles. The number of hydrogen-bond donors (Lipinski definition) is 3. The molecule has 2 aliphatic rings. The second-order valence-corrected chi connectivity index (χ2v) is 6.92. The van der Waals surface area contributed by atoms with E-state index in [1.165, 1.54) is 17.7 Å². The van der Waals surface area contributed by atoms with E-state index in [4.69, 9.17) is 10.8 Å². The second-order valence-electron chi connectivity index (χ2n) is 6.92. The molecule has 2 aromatic carbocycles. The summed E-state index contributed by atoms with van der Waals surface area (Å²) < 4.78 is 12.8. The SMILES string of the molecule is NC1CCNCC1c1ccccc1.O=C1CC(C(=O)O)c2cc(F)ccc21. The third-order valence-corrected chi connectivity index (χ3v) is 5.14. The van der Waals surface area contributed by atoms with Gasteiger partial charge in [-0.25, -0.2) is 4.39 Å². The summed E-state index contributed by atoms with van der Waals surface area (Å²) in [6.45, 7) is 2.08. The number of piperidine rings is 1. The van der Waals surface area contributed by atoms with Crippen LogP contribution in [0.2, 0.25) is 0 Å². The van der Waals surface area contributed by atoms with Crippen LogP contribution in [-0.4, -0.2) is 36.0 Å². The Balaban J connectivity index is 0.000000156. The largest absolute Gasteiger partial charge is 0.481 e. The van der Waals surface area contributed by atoms with Gasteiger partial charge >= 0.3 is 5.97 Å². The van der Waals surface area contributed by atoms with Crippen molar-refractivity contribution in [2.75, 3.05) is 13.1 Å².